The smallest absolute Gasteiger partial charge is 0.00220 e. The molecule has 1 fully saturated rings. The lowest BCUT2D eigenvalue weighted by molar-refractivity contribution is 0.346. The van der Waals surface area contributed by atoms with Gasteiger partial charge in [0.1, 0.15) is 0 Å². The van der Waals surface area contributed by atoms with Gasteiger partial charge < -0.3 is 4.90 Å². The maximum absolute atomic E-state index is 3.53. The fraction of sp³-hybridized carbons (Fsp3) is 0.667. The molecule has 1 rings (SSSR count). The summed E-state index contributed by atoms with van der Waals surface area (Å²) in [5.74, 6) is 0. The molecule has 0 aromatic heterocycles. The summed E-state index contributed by atoms with van der Waals surface area (Å²) in [5.41, 5.74) is 2.79. The molecule has 0 N–H and O–H groups in total. The molecule has 0 aromatic carbocycles. The van der Waals surface area contributed by atoms with Gasteiger partial charge in [-0.1, -0.05) is 6.58 Å². The first-order chi connectivity index (χ1) is 4.93. The van der Waals surface area contributed by atoms with Gasteiger partial charge in [-0.2, -0.15) is 0 Å². The van der Waals surface area contributed by atoms with Crippen molar-refractivity contribution < 1.29 is 0 Å². The van der Waals surface area contributed by atoms with Gasteiger partial charge in [-0.15, -0.1) is 5.73 Å². The minimum Gasteiger partial charge on any atom is -0.303 e. The van der Waals surface area contributed by atoms with E-state index in [0.29, 0.717) is 0 Å². The van der Waals surface area contributed by atoms with E-state index in [-0.39, 0.29) is 0 Å². The Morgan fingerprint density at radius 3 is 2.70 bits per heavy atom. The molecule has 10 heavy (non-hydrogen) atoms. The number of hydrogen-bond donors (Lipinski definition) is 0. The van der Waals surface area contributed by atoms with Crippen LogP contribution in [0.5, 0.6) is 0 Å². The number of hydrogen-bond acceptors (Lipinski definition) is 1. The molecule has 1 aliphatic rings. The van der Waals surface area contributed by atoms with Gasteiger partial charge in [0.05, 0.1) is 0 Å². The summed E-state index contributed by atoms with van der Waals surface area (Å²) in [6, 6.07) is 0. The molecule has 0 amide bonds. The Kier molecular flexibility index (Phi) is 3.28. The van der Waals surface area contributed by atoms with Crippen molar-refractivity contribution in [1.29, 1.82) is 0 Å². The van der Waals surface area contributed by atoms with Crippen LogP contribution in [0, 0.1) is 0 Å². The number of rotatable bonds is 3. The van der Waals surface area contributed by atoms with Crippen LogP contribution in [-0.4, -0.2) is 24.5 Å². The Labute approximate surface area is 63.0 Å². The molecule has 1 heteroatoms. The molecule has 1 nitrogen and oxygen atoms in total. The highest BCUT2D eigenvalue weighted by Crippen LogP contribution is 2.06. The van der Waals surface area contributed by atoms with E-state index in [1.807, 2.05) is 6.08 Å². The van der Waals surface area contributed by atoms with Crippen molar-refractivity contribution in [1.82, 2.24) is 4.90 Å². The van der Waals surface area contributed by atoms with Crippen molar-refractivity contribution in [3.05, 3.63) is 18.4 Å². The Morgan fingerprint density at radius 1 is 1.40 bits per heavy atom. The van der Waals surface area contributed by atoms with E-state index in [0.717, 1.165) is 6.42 Å². The van der Waals surface area contributed by atoms with E-state index in [1.165, 1.54) is 32.5 Å². The first kappa shape index (κ1) is 7.59. The van der Waals surface area contributed by atoms with Crippen molar-refractivity contribution >= 4 is 0 Å². The van der Waals surface area contributed by atoms with Crippen molar-refractivity contribution in [3.8, 4) is 0 Å². The van der Waals surface area contributed by atoms with Crippen molar-refractivity contribution in [2.75, 3.05) is 19.6 Å². The summed E-state index contributed by atoms with van der Waals surface area (Å²) in [4.78, 5) is 2.49. The highest BCUT2D eigenvalue weighted by molar-refractivity contribution is 4.78. The summed E-state index contributed by atoms with van der Waals surface area (Å²) in [6.07, 6.45) is 5.90. The zero-order valence-electron chi connectivity index (χ0n) is 6.47. The van der Waals surface area contributed by atoms with Gasteiger partial charge >= 0.3 is 0 Å². The molecule has 0 aromatic rings. The Bertz CT molecular complexity index is 128. The second kappa shape index (κ2) is 4.32. The minimum absolute atomic E-state index is 1.11. The van der Waals surface area contributed by atoms with Crippen LogP contribution in [0.4, 0.5) is 0 Å². The average Bonchev–Trinajstić information content (AvgIpc) is 2.41. The minimum atomic E-state index is 1.11. The average molecular weight is 137 g/mol. The molecule has 0 unspecified atom stereocenters. The molecular formula is C9H15N. The third-order valence-electron chi connectivity index (χ3n) is 1.93. The zero-order chi connectivity index (χ0) is 7.23. The van der Waals surface area contributed by atoms with Crippen LogP contribution in [0.3, 0.4) is 0 Å². The third kappa shape index (κ3) is 2.38. The Hall–Kier alpha value is -0.520. The van der Waals surface area contributed by atoms with Gasteiger partial charge in [0, 0.05) is 6.54 Å². The van der Waals surface area contributed by atoms with Crippen LogP contribution in [0.1, 0.15) is 19.3 Å². The predicted octanol–water partition coefficient (Wildman–Crippen LogP) is 1.81. The van der Waals surface area contributed by atoms with E-state index in [2.05, 4.69) is 17.2 Å². The lowest BCUT2D eigenvalue weighted by atomic mass is 10.4. The molecule has 1 heterocycles. The lowest BCUT2D eigenvalue weighted by Gasteiger charge is -2.11. The summed E-state index contributed by atoms with van der Waals surface area (Å²) in [6.45, 7) is 7.32. The van der Waals surface area contributed by atoms with Crippen LogP contribution in [0.2, 0.25) is 0 Å². The van der Waals surface area contributed by atoms with Gasteiger partial charge in [-0.25, -0.2) is 0 Å². The normalized spacial score (nSPS) is 18.8. The van der Waals surface area contributed by atoms with Gasteiger partial charge in [-0.3, -0.25) is 0 Å². The molecular weight excluding hydrogens is 122 g/mol. The standard InChI is InChI=1S/C9H15N/c1-2-3-4-7-10-8-5-6-9-10/h3H,1,4-9H2. The highest BCUT2D eigenvalue weighted by atomic mass is 15.1. The molecule has 0 aliphatic carbocycles. The van der Waals surface area contributed by atoms with Crippen LogP contribution in [0.25, 0.3) is 0 Å². The van der Waals surface area contributed by atoms with Crippen molar-refractivity contribution in [2.45, 2.75) is 19.3 Å². The second-order valence-corrected chi connectivity index (χ2v) is 2.75. The van der Waals surface area contributed by atoms with E-state index < -0.39 is 0 Å². The third-order valence-corrected chi connectivity index (χ3v) is 1.93. The van der Waals surface area contributed by atoms with Gasteiger partial charge in [0.15, 0.2) is 0 Å². The van der Waals surface area contributed by atoms with Crippen molar-refractivity contribution in [3.63, 3.8) is 0 Å². The molecule has 0 saturated carbocycles. The first-order valence-electron chi connectivity index (χ1n) is 4.00. The van der Waals surface area contributed by atoms with Crippen LogP contribution >= 0.6 is 0 Å². The topological polar surface area (TPSA) is 3.24 Å². The highest BCUT2D eigenvalue weighted by Gasteiger charge is 2.08. The van der Waals surface area contributed by atoms with E-state index >= 15 is 0 Å². The summed E-state index contributed by atoms with van der Waals surface area (Å²) < 4.78 is 0. The largest absolute Gasteiger partial charge is 0.303 e. The maximum atomic E-state index is 3.53. The first-order valence-corrected chi connectivity index (χ1v) is 4.00. The van der Waals surface area contributed by atoms with E-state index in [9.17, 15) is 0 Å². The van der Waals surface area contributed by atoms with Crippen LogP contribution < -0.4 is 0 Å². The van der Waals surface area contributed by atoms with E-state index in [4.69, 9.17) is 0 Å². The van der Waals surface area contributed by atoms with E-state index in [1.54, 1.807) is 0 Å². The fourth-order valence-electron chi connectivity index (χ4n) is 1.36. The Morgan fingerprint density at radius 2 is 2.10 bits per heavy atom. The maximum Gasteiger partial charge on any atom is 0.00220 e. The molecule has 0 bridgehead atoms. The van der Waals surface area contributed by atoms with Gasteiger partial charge in [-0.05, 0) is 38.4 Å². The van der Waals surface area contributed by atoms with Crippen LogP contribution in [0.15, 0.2) is 18.4 Å². The lowest BCUT2D eigenvalue weighted by Crippen LogP contribution is -2.19. The van der Waals surface area contributed by atoms with Gasteiger partial charge in [0.2, 0.25) is 0 Å². The molecule has 0 spiro atoms. The molecule has 56 valence electrons. The summed E-state index contributed by atoms with van der Waals surface area (Å²) in [7, 11) is 0. The molecule has 1 saturated heterocycles. The monoisotopic (exact) mass is 137 g/mol. The molecule has 0 radical (unpaired) electrons. The van der Waals surface area contributed by atoms with Crippen LogP contribution in [-0.2, 0) is 0 Å². The predicted molar refractivity (Wildman–Crippen MR) is 44.0 cm³/mol. The fourth-order valence-corrected chi connectivity index (χ4v) is 1.36. The quantitative estimate of drug-likeness (QED) is 0.536. The SMILES string of the molecule is C=C=CCCN1CCCC1. The number of nitrogens with zero attached hydrogens (tertiary/aromatic N) is 1. The summed E-state index contributed by atoms with van der Waals surface area (Å²) in [5, 5.41) is 0. The second-order valence-electron chi connectivity index (χ2n) is 2.75. The molecule has 0 atom stereocenters. The zero-order valence-corrected chi connectivity index (χ0v) is 6.47. The van der Waals surface area contributed by atoms with Crippen molar-refractivity contribution in [2.24, 2.45) is 0 Å². The van der Waals surface area contributed by atoms with Gasteiger partial charge in [0.25, 0.3) is 0 Å². The molecule has 1 aliphatic heterocycles. The number of likely N-dealkylation sites (tertiary alicyclic amines) is 1. The summed E-state index contributed by atoms with van der Waals surface area (Å²) >= 11 is 0. The Balaban J connectivity index is 2.06.